The summed E-state index contributed by atoms with van der Waals surface area (Å²) >= 11 is 0. The highest BCUT2D eigenvalue weighted by Gasteiger charge is 2.48. The van der Waals surface area contributed by atoms with E-state index in [4.69, 9.17) is 9.05 Å². The van der Waals surface area contributed by atoms with E-state index in [1.165, 1.54) is 0 Å². The van der Waals surface area contributed by atoms with Gasteiger partial charge in [0.15, 0.2) is 0 Å². The molecule has 1 fully saturated rings. The first kappa shape index (κ1) is 13.6. The van der Waals surface area contributed by atoms with Gasteiger partial charge < -0.3 is 4.52 Å². The zero-order chi connectivity index (χ0) is 12.6. The Morgan fingerprint density at radius 1 is 1.56 bits per heavy atom. The third-order valence-electron chi connectivity index (χ3n) is 2.68. The second-order valence-corrected chi connectivity index (χ2v) is 6.98. The van der Waals surface area contributed by atoms with E-state index in [2.05, 4.69) is 6.58 Å². The zero-order valence-corrected chi connectivity index (χ0v) is 11.1. The average Bonchev–Trinajstić information content (AvgIpc) is 2.20. The van der Waals surface area contributed by atoms with E-state index in [-0.39, 0.29) is 24.0 Å². The van der Waals surface area contributed by atoms with Gasteiger partial charge in [-0.25, -0.2) is 0 Å². The maximum atomic E-state index is 12.1. The summed E-state index contributed by atoms with van der Waals surface area (Å²) < 4.78 is 22.6. The lowest BCUT2D eigenvalue weighted by atomic mass is 9.81. The molecule has 92 valence electrons. The molecule has 1 aliphatic heterocycles. The molecule has 1 heterocycles. The molecular formula is C11H19O4P. The van der Waals surface area contributed by atoms with Gasteiger partial charge in [-0.2, -0.15) is 0 Å². The largest absolute Gasteiger partial charge is 0.401 e. The van der Waals surface area contributed by atoms with Gasteiger partial charge in [0.05, 0.1) is 12.7 Å². The summed E-state index contributed by atoms with van der Waals surface area (Å²) in [6, 6.07) is 0. The Morgan fingerprint density at radius 2 is 2.12 bits per heavy atom. The molecule has 2 atom stereocenters. The molecule has 1 saturated heterocycles. The first-order valence-corrected chi connectivity index (χ1v) is 6.87. The molecule has 0 saturated carbocycles. The summed E-state index contributed by atoms with van der Waals surface area (Å²) in [5.41, 5.74) is -0.905. The van der Waals surface area contributed by atoms with Crippen LogP contribution in [0.2, 0.25) is 0 Å². The molecule has 0 N–H and O–H groups in total. The number of allylic oxidation sites excluding steroid dienone is 1. The standard InChI is InChI=1S/C11H19O4P/c1-6-9(12)16(13)14-7-11(4,5)10(15-16)8(2)3/h6,8,10H,1,7H2,2-5H3. The smallest absolute Gasteiger partial charge is 0.302 e. The average molecular weight is 246 g/mol. The highest BCUT2D eigenvalue weighted by Crippen LogP contribution is 2.58. The molecule has 5 heteroatoms. The van der Waals surface area contributed by atoms with Gasteiger partial charge in [0.1, 0.15) is 0 Å². The Balaban J connectivity index is 2.97. The molecule has 0 aromatic heterocycles. The molecule has 0 amide bonds. The van der Waals surface area contributed by atoms with Gasteiger partial charge in [0.2, 0.25) is 0 Å². The Hall–Kier alpha value is -0.440. The number of hydrogen-bond donors (Lipinski definition) is 0. The molecule has 0 spiro atoms. The Bertz CT molecular complexity index is 346. The number of hydrogen-bond acceptors (Lipinski definition) is 4. The molecule has 0 aliphatic carbocycles. The molecule has 16 heavy (non-hydrogen) atoms. The molecule has 4 nitrogen and oxygen atoms in total. The predicted molar refractivity (Wildman–Crippen MR) is 62.3 cm³/mol. The van der Waals surface area contributed by atoms with E-state index in [0.29, 0.717) is 0 Å². The molecule has 1 rings (SSSR count). The van der Waals surface area contributed by atoms with E-state index in [0.717, 1.165) is 6.08 Å². The minimum atomic E-state index is -3.65. The van der Waals surface area contributed by atoms with Crippen LogP contribution in [0.5, 0.6) is 0 Å². The summed E-state index contributed by atoms with van der Waals surface area (Å²) in [6.45, 7) is 11.5. The summed E-state index contributed by atoms with van der Waals surface area (Å²) in [5.74, 6) is 0.171. The predicted octanol–water partition coefficient (Wildman–Crippen LogP) is 2.99. The highest BCUT2D eigenvalue weighted by molar-refractivity contribution is 7.72. The lowest BCUT2D eigenvalue weighted by molar-refractivity contribution is -0.114. The highest BCUT2D eigenvalue weighted by atomic mass is 31.2. The molecule has 0 radical (unpaired) electrons. The Kier molecular flexibility index (Phi) is 3.78. The third-order valence-corrected chi connectivity index (χ3v) is 4.38. The maximum Gasteiger partial charge on any atom is 0.401 e. The second-order valence-electron chi connectivity index (χ2n) is 5.07. The monoisotopic (exact) mass is 246 g/mol. The van der Waals surface area contributed by atoms with E-state index in [9.17, 15) is 9.36 Å². The minimum Gasteiger partial charge on any atom is -0.302 e. The van der Waals surface area contributed by atoms with Gasteiger partial charge in [-0.1, -0.05) is 34.3 Å². The van der Waals surface area contributed by atoms with Crippen LogP contribution in [0.25, 0.3) is 0 Å². The van der Waals surface area contributed by atoms with Crippen LogP contribution in [0.4, 0.5) is 0 Å². The van der Waals surface area contributed by atoms with E-state index < -0.39 is 13.1 Å². The van der Waals surface area contributed by atoms with Crippen molar-refractivity contribution in [1.82, 2.24) is 0 Å². The van der Waals surface area contributed by atoms with Crippen LogP contribution in [0.1, 0.15) is 27.7 Å². The summed E-state index contributed by atoms with van der Waals surface area (Å²) in [7, 11) is -3.65. The van der Waals surface area contributed by atoms with Crippen LogP contribution in [0.15, 0.2) is 12.7 Å². The number of carbonyl (C=O) groups excluding carboxylic acids is 1. The van der Waals surface area contributed by atoms with Crippen molar-refractivity contribution < 1.29 is 18.4 Å². The number of carbonyl (C=O) groups is 1. The maximum absolute atomic E-state index is 12.1. The van der Waals surface area contributed by atoms with E-state index >= 15 is 0 Å². The Morgan fingerprint density at radius 3 is 2.56 bits per heavy atom. The first-order valence-electron chi connectivity index (χ1n) is 5.33. The molecule has 1 aliphatic rings. The van der Waals surface area contributed by atoms with Crippen molar-refractivity contribution in [3.8, 4) is 0 Å². The van der Waals surface area contributed by atoms with Gasteiger partial charge in [-0.3, -0.25) is 13.9 Å². The first-order chi connectivity index (χ1) is 7.23. The fraction of sp³-hybridized carbons (Fsp3) is 0.727. The van der Waals surface area contributed by atoms with Crippen molar-refractivity contribution in [3.63, 3.8) is 0 Å². The fourth-order valence-corrected chi connectivity index (χ4v) is 3.75. The summed E-state index contributed by atoms with van der Waals surface area (Å²) in [5, 5.41) is 0. The van der Waals surface area contributed by atoms with Crippen molar-refractivity contribution in [1.29, 1.82) is 0 Å². The van der Waals surface area contributed by atoms with E-state index in [1.54, 1.807) is 0 Å². The molecule has 0 aromatic carbocycles. The van der Waals surface area contributed by atoms with Crippen LogP contribution >= 0.6 is 7.60 Å². The number of rotatable bonds is 3. The SMILES string of the molecule is C=CC(=O)P1(=O)OCC(C)(C)C(C(C)C)O1. The zero-order valence-electron chi connectivity index (χ0n) is 10.2. The van der Waals surface area contributed by atoms with E-state index in [1.807, 2.05) is 27.7 Å². The molecular weight excluding hydrogens is 227 g/mol. The lowest BCUT2D eigenvalue weighted by Crippen LogP contribution is -2.43. The van der Waals surface area contributed by atoms with Crippen molar-refractivity contribution >= 4 is 13.1 Å². The molecule has 0 aromatic rings. The quantitative estimate of drug-likeness (QED) is 0.567. The second kappa shape index (κ2) is 4.44. The minimum absolute atomic E-state index is 0.171. The van der Waals surface area contributed by atoms with Crippen LogP contribution in [0.3, 0.4) is 0 Å². The van der Waals surface area contributed by atoms with Crippen LogP contribution in [-0.2, 0) is 18.4 Å². The normalized spacial score (nSPS) is 33.7. The summed E-state index contributed by atoms with van der Waals surface area (Å²) in [4.78, 5) is 11.4. The molecule has 2 unspecified atom stereocenters. The van der Waals surface area contributed by atoms with Crippen LogP contribution in [-0.4, -0.2) is 18.2 Å². The lowest BCUT2D eigenvalue weighted by Gasteiger charge is -2.42. The van der Waals surface area contributed by atoms with Crippen molar-refractivity contribution in [2.45, 2.75) is 33.8 Å². The van der Waals surface area contributed by atoms with Gasteiger partial charge in [-0.05, 0) is 12.0 Å². The fourth-order valence-electron chi connectivity index (χ4n) is 1.91. The van der Waals surface area contributed by atoms with Crippen LogP contribution in [0, 0.1) is 11.3 Å². The van der Waals surface area contributed by atoms with Crippen molar-refractivity contribution in [2.75, 3.05) is 6.61 Å². The summed E-state index contributed by atoms with van der Waals surface area (Å²) in [6.07, 6.45) is 0.743. The van der Waals surface area contributed by atoms with Gasteiger partial charge in [0, 0.05) is 5.41 Å². The van der Waals surface area contributed by atoms with Crippen molar-refractivity contribution in [3.05, 3.63) is 12.7 Å². The topological polar surface area (TPSA) is 52.6 Å². The van der Waals surface area contributed by atoms with Gasteiger partial charge in [-0.15, -0.1) is 0 Å². The van der Waals surface area contributed by atoms with Gasteiger partial charge in [0.25, 0.3) is 5.52 Å². The van der Waals surface area contributed by atoms with Gasteiger partial charge >= 0.3 is 7.60 Å². The molecule has 0 bridgehead atoms. The van der Waals surface area contributed by atoms with Crippen molar-refractivity contribution in [2.24, 2.45) is 11.3 Å². The Labute approximate surface area is 96.5 Å². The third kappa shape index (κ3) is 2.45. The van der Waals surface area contributed by atoms with Crippen LogP contribution < -0.4 is 0 Å².